The van der Waals surface area contributed by atoms with Crippen LogP contribution >= 0.6 is 23.2 Å². The van der Waals surface area contributed by atoms with Crippen LogP contribution in [0.25, 0.3) is 22.3 Å². The fraction of sp³-hybridized carbons (Fsp3) is 0.277. The zero-order valence-corrected chi connectivity index (χ0v) is 36.9. The van der Waals surface area contributed by atoms with E-state index in [0.29, 0.717) is 22.2 Å². The molecule has 0 aliphatic heterocycles. The first kappa shape index (κ1) is 54.5. The first-order valence-corrected chi connectivity index (χ1v) is 20.6. The summed E-state index contributed by atoms with van der Waals surface area (Å²) < 4.78 is 23.0. The minimum atomic E-state index is -1.76. The molecule has 0 fully saturated rings. The lowest BCUT2D eigenvalue weighted by atomic mass is 9.98. The van der Waals surface area contributed by atoms with Crippen LogP contribution in [0.2, 0.25) is 10.0 Å². The summed E-state index contributed by atoms with van der Waals surface area (Å²) in [4.78, 5) is 67.4. The van der Waals surface area contributed by atoms with Gasteiger partial charge >= 0.3 is 35.5 Å². The van der Waals surface area contributed by atoms with E-state index in [-0.39, 0.29) is 50.6 Å². The third-order valence-electron chi connectivity index (χ3n) is 9.48. The molecule has 20 heteroatoms. The van der Waals surface area contributed by atoms with Gasteiger partial charge < -0.3 is 59.0 Å². The van der Waals surface area contributed by atoms with E-state index < -0.39 is 66.4 Å². The van der Waals surface area contributed by atoms with Crippen molar-refractivity contribution in [3.63, 3.8) is 0 Å². The fourth-order valence-corrected chi connectivity index (χ4v) is 6.47. The van der Waals surface area contributed by atoms with Crippen molar-refractivity contribution in [2.75, 3.05) is 0 Å². The molecule has 8 N–H and O–H groups in total. The summed E-state index contributed by atoms with van der Waals surface area (Å²) in [7, 11) is 0. The van der Waals surface area contributed by atoms with Crippen LogP contribution in [-0.2, 0) is 50.0 Å². The number of aliphatic hydroxyl groups is 3. The molecule has 0 spiro atoms. The van der Waals surface area contributed by atoms with E-state index in [0.717, 1.165) is 33.4 Å². The molecule has 67 heavy (non-hydrogen) atoms. The molecule has 0 aliphatic rings. The lowest BCUT2D eigenvalue weighted by Gasteiger charge is -2.20. The third-order valence-corrected chi connectivity index (χ3v) is 9.95. The number of carbonyl (C=O) groups excluding carboxylic acids is 2. The second-order valence-electron chi connectivity index (χ2n) is 14.5. The number of aliphatic carboxylic acids is 2. The molecular formula is C47H50Cl2N2O16. The zero-order chi connectivity index (χ0) is 48.5. The molecule has 0 aliphatic carbocycles. The molecule has 0 radical (unpaired) electrons. The average molecular weight is 970 g/mol. The van der Waals surface area contributed by atoms with Crippen molar-refractivity contribution < 1.29 is 67.1 Å². The maximum atomic E-state index is 12.3. The smallest absolute Gasteiger partial charge is 0.479 e. The Hall–Kier alpha value is -6.80. The molecular weight excluding hydrogens is 919 g/mol. The number of nitrogens with one attached hydrogen (secondary N) is 1. The highest BCUT2D eigenvalue weighted by Gasteiger charge is 2.26. The van der Waals surface area contributed by atoms with E-state index in [9.17, 15) is 39.0 Å². The highest BCUT2D eigenvalue weighted by atomic mass is 35.5. The van der Waals surface area contributed by atoms with Crippen molar-refractivity contribution in [1.29, 1.82) is 0 Å². The minimum absolute atomic E-state index is 0. The first-order chi connectivity index (χ1) is 31.3. The van der Waals surface area contributed by atoms with E-state index in [2.05, 4.69) is 18.6 Å². The second-order valence-corrected chi connectivity index (χ2v) is 15.4. The first-order valence-electron chi connectivity index (χ1n) is 19.9. The highest BCUT2D eigenvalue weighted by Crippen LogP contribution is 2.25. The van der Waals surface area contributed by atoms with Gasteiger partial charge in [0.25, 0.3) is 0 Å². The lowest BCUT2D eigenvalue weighted by molar-refractivity contribution is -0.156. The van der Waals surface area contributed by atoms with Gasteiger partial charge in [0.1, 0.15) is 12.4 Å². The quantitative estimate of drug-likeness (QED) is 0.0442. The maximum absolute atomic E-state index is 12.3. The van der Waals surface area contributed by atoms with Gasteiger partial charge in [0.2, 0.25) is 0 Å². The number of hydrogen-bond donors (Lipinski definition) is 7. The number of rotatable bonds is 16. The highest BCUT2D eigenvalue weighted by molar-refractivity contribution is 6.32. The number of carboxylic acids is 2. The van der Waals surface area contributed by atoms with Crippen LogP contribution < -0.4 is 22.7 Å². The van der Waals surface area contributed by atoms with Gasteiger partial charge in [-0.1, -0.05) is 103 Å². The second kappa shape index (κ2) is 26.4. The number of esters is 1. The molecule has 4 atom stereocenters. The molecule has 18 nitrogen and oxygen atoms in total. The number of hydrogen-bond acceptors (Lipinski definition) is 15. The standard InChI is InChI=1S/C24H22ClNO9.C17H18ClNO3.C5H6O4.CH4/c1-13-20(35-24(32)34-13)12-33-23(31)21(28)26-18(11-19(27)22(29)30)9-14-5-7-15(8-6-14)16-3-2-4-17(25)10-16;18-14-3-1-2-13(9-14)12-6-4-11(5-7-12)8-15(19)10-16(20)17(21)22;1-3-4(2-6)9-5(7)8-3;/h2-8,10,18-19,27H,9,11-12H2,1H3,(H,26,28)(H,29,30);1-7,9,15-16,20H,8,10,19H2,(H,21,22);6H,2H2,1H3;1H4/t18-,19-;15-,16-;;/m11../s1. The van der Waals surface area contributed by atoms with Crippen LogP contribution in [0.1, 0.15) is 54.4 Å². The summed E-state index contributed by atoms with van der Waals surface area (Å²) in [5.74, 6) is -6.28. The molecule has 358 valence electrons. The average Bonchev–Trinajstić information content (AvgIpc) is 3.79. The van der Waals surface area contributed by atoms with E-state index in [1.165, 1.54) is 6.92 Å². The van der Waals surface area contributed by atoms with Crippen LogP contribution in [0.15, 0.2) is 124 Å². The van der Waals surface area contributed by atoms with Crippen molar-refractivity contribution in [3.8, 4) is 22.3 Å². The monoisotopic (exact) mass is 968 g/mol. The van der Waals surface area contributed by atoms with Crippen molar-refractivity contribution >= 4 is 47.0 Å². The third kappa shape index (κ3) is 17.8. The van der Waals surface area contributed by atoms with Crippen LogP contribution in [-0.4, -0.2) is 73.6 Å². The number of carboxylic acid groups (broad SMARTS) is 2. The topological polar surface area (TPSA) is 303 Å². The summed E-state index contributed by atoms with van der Waals surface area (Å²) in [6.07, 6.45) is -2.84. The van der Waals surface area contributed by atoms with Crippen LogP contribution in [0.4, 0.5) is 0 Å². The maximum Gasteiger partial charge on any atom is 0.519 e. The largest absolute Gasteiger partial charge is 0.519 e. The van der Waals surface area contributed by atoms with Gasteiger partial charge in [-0.25, -0.2) is 24.0 Å². The zero-order valence-electron chi connectivity index (χ0n) is 35.3. The van der Waals surface area contributed by atoms with Gasteiger partial charge in [0.05, 0.1) is 0 Å². The van der Waals surface area contributed by atoms with E-state index >= 15 is 0 Å². The predicted octanol–water partition coefficient (Wildman–Crippen LogP) is 5.85. The molecule has 1 amide bonds. The molecule has 6 aromatic rings. The summed E-state index contributed by atoms with van der Waals surface area (Å²) in [6, 6.07) is 28.7. The van der Waals surface area contributed by atoms with Crippen molar-refractivity contribution in [1.82, 2.24) is 5.32 Å². The molecule has 4 aromatic carbocycles. The summed E-state index contributed by atoms with van der Waals surface area (Å²) in [6.45, 7) is 2.18. The predicted molar refractivity (Wildman–Crippen MR) is 244 cm³/mol. The van der Waals surface area contributed by atoms with E-state index in [1.54, 1.807) is 25.1 Å². The van der Waals surface area contributed by atoms with Crippen LogP contribution in [0.5, 0.6) is 0 Å². The number of halogens is 2. The van der Waals surface area contributed by atoms with Gasteiger partial charge in [-0.3, -0.25) is 4.79 Å². The number of nitrogens with two attached hydrogens (primary N) is 1. The summed E-state index contributed by atoms with van der Waals surface area (Å²) in [5, 5.41) is 48.9. The molecule has 2 aromatic heterocycles. The number of ether oxygens (including phenoxy) is 1. The van der Waals surface area contributed by atoms with Crippen LogP contribution in [0.3, 0.4) is 0 Å². The van der Waals surface area contributed by atoms with Gasteiger partial charge in [0.15, 0.2) is 36.1 Å². The number of benzene rings is 4. The number of carbonyl (C=O) groups is 4. The van der Waals surface area contributed by atoms with E-state index in [1.807, 2.05) is 78.9 Å². The summed E-state index contributed by atoms with van der Waals surface area (Å²) >= 11 is 12.0. The Morgan fingerprint density at radius 1 is 0.657 bits per heavy atom. The van der Waals surface area contributed by atoms with Crippen LogP contribution in [0, 0.1) is 13.8 Å². The number of amides is 1. The normalized spacial score (nSPS) is 12.4. The Balaban J connectivity index is 0.000000314. The molecule has 0 unspecified atom stereocenters. The van der Waals surface area contributed by atoms with E-state index in [4.69, 9.17) is 53.4 Å². The van der Waals surface area contributed by atoms with Crippen molar-refractivity contribution in [2.45, 2.75) is 84.5 Å². The Labute approximate surface area is 393 Å². The van der Waals surface area contributed by atoms with Gasteiger partial charge in [-0.05, 0) is 90.8 Å². The molecule has 0 bridgehead atoms. The summed E-state index contributed by atoms with van der Waals surface area (Å²) in [5.41, 5.74) is 11.5. The number of aliphatic hydroxyl groups excluding tert-OH is 3. The molecule has 0 saturated heterocycles. The Morgan fingerprint density at radius 2 is 1.10 bits per heavy atom. The van der Waals surface area contributed by atoms with Gasteiger partial charge in [0, 0.05) is 28.5 Å². The molecule has 2 heterocycles. The Morgan fingerprint density at radius 3 is 1.51 bits per heavy atom. The molecule has 6 rings (SSSR count). The van der Waals surface area contributed by atoms with Crippen molar-refractivity contribution in [2.24, 2.45) is 5.73 Å². The Kier molecular flexibility index (Phi) is 21.5. The Bertz CT molecular complexity index is 2670. The SMILES string of the molecule is C.Cc1oc(=O)oc1CO.Cc1oc(=O)oc1COC(=O)C(=O)N[C@H](Cc1ccc(-c2cccc(Cl)c2)cc1)C[C@@H](O)C(=O)O.N[C@H](Cc1ccc(-c2cccc(Cl)c2)cc1)C[C@@H](O)C(=O)O. The van der Waals surface area contributed by atoms with Gasteiger partial charge in [-0.15, -0.1) is 0 Å². The number of aryl methyl sites for hydroxylation is 2. The minimum Gasteiger partial charge on any atom is -0.479 e. The molecule has 0 saturated carbocycles. The lowest BCUT2D eigenvalue weighted by Crippen LogP contribution is -2.44. The van der Waals surface area contributed by atoms with Gasteiger partial charge in [-0.2, -0.15) is 0 Å². The fourth-order valence-electron chi connectivity index (χ4n) is 6.09. The van der Waals surface area contributed by atoms with Crippen molar-refractivity contribution in [3.05, 3.63) is 163 Å².